The molecule has 7 heteroatoms. The molecular weight excluding hydrogens is 390 g/mol. The highest BCUT2D eigenvalue weighted by atomic mass is 16.2. The molecule has 0 atom stereocenters. The zero-order valence-electron chi connectivity index (χ0n) is 16.6. The number of benzene rings is 3. The van der Waals surface area contributed by atoms with Gasteiger partial charge in [-0.25, -0.2) is 9.48 Å². The summed E-state index contributed by atoms with van der Waals surface area (Å²) in [5.41, 5.74) is 1.49. The number of imide groups is 1. The van der Waals surface area contributed by atoms with Crippen molar-refractivity contribution in [1.82, 2.24) is 25.2 Å². The number of aromatic nitrogens is 3. The molecule has 152 valence electrons. The largest absolute Gasteiger partial charge is 0.325 e. The number of hydrogen-bond donors (Lipinski definition) is 1. The zero-order valence-corrected chi connectivity index (χ0v) is 16.6. The van der Waals surface area contributed by atoms with E-state index in [1.807, 2.05) is 91.0 Å². The lowest BCUT2D eigenvalue weighted by Crippen LogP contribution is -2.45. The van der Waals surface area contributed by atoms with Crippen LogP contribution in [0, 0.1) is 0 Å². The molecule has 0 saturated carbocycles. The van der Waals surface area contributed by atoms with E-state index < -0.39 is 11.6 Å². The van der Waals surface area contributed by atoms with E-state index in [2.05, 4.69) is 15.6 Å². The topological polar surface area (TPSA) is 80.1 Å². The molecule has 1 aliphatic heterocycles. The minimum absolute atomic E-state index is 0.0267. The molecule has 0 bridgehead atoms. The van der Waals surface area contributed by atoms with Crippen molar-refractivity contribution < 1.29 is 9.59 Å². The highest BCUT2D eigenvalue weighted by Gasteiger charge is 2.53. The van der Waals surface area contributed by atoms with Gasteiger partial charge in [-0.05, 0) is 23.3 Å². The Bertz CT molecular complexity index is 1180. The Balaban J connectivity index is 1.50. The van der Waals surface area contributed by atoms with Crippen LogP contribution in [0.1, 0.15) is 16.8 Å². The van der Waals surface area contributed by atoms with Crippen LogP contribution in [0.15, 0.2) is 97.2 Å². The molecule has 1 aromatic heterocycles. The van der Waals surface area contributed by atoms with Crippen molar-refractivity contribution in [3.05, 3.63) is 114 Å². The highest BCUT2D eigenvalue weighted by Crippen LogP contribution is 2.36. The van der Waals surface area contributed by atoms with Crippen molar-refractivity contribution in [3.8, 4) is 5.69 Å². The molecule has 1 fully saturated rings. The summed E-state index contributed by atoms with van der Waals surface area (Å²) in [6.45, 7) is 0.0267. The summed E-state index contributed by atoms with van der Waals surface area (Å²) in [5, 5.41) is 11.2. The quantitative estimate of drug-likeness (QED) is 0.513. The van der Waals surface area contributed by atoms with Gasteiger partial charge in [0, 0.05) is 0 Å². The molecule has 0 unspecified atom stereocenters. The molecule has 1 N–H and O–H groups in total. The van der Waals surface area contributed by atoms with E-state index in [0.29, 0.717) is 16.8 Å². The standard InChI is InChI=1S/C24H19N5O2/c30-22-24(18-10-4-1-5-11-18,19-12-6-2-7-13-19)25-23(31)28(22)16-20-17-29(27-26-20)21-14-8-3-9-15-21/h1-15,17H,16H2,(H,25,31). The third-order valence-electron chi connectivity index (χ3n) is 5.40. The molecule has 3 amide bonds. The fraction of sp³-hybridized carbons (Fsp3) is 0.0833. The first-order chi connectivity index (χ1) is 15.2. The molecule has 1 aliphatic rings. The summed E-state index contributed by atoms with van der Waals surface area (Å²) < 4.78 is 1.62. The monoisotopic (exact) mass is 409 g/mol. The molecule has 0 spiro atoms. The van der Waals surface area contributed by atoms with Crippen LogP contribution in [0.5, 0.6) is 0 Å². The van der Waals surface area contributed by atoms with Crippen molar-refractivity contribution >= 4 is 11.9 Å². The molecule has 5 rings (SSSR count). The number of carbonyl (C=O) groups is 2. The van der Waals surface area contributed by atoms with Gasteiger partial charge in [0.1, 0.15) is 5.69 Å². The molecule has 1 saturated heterocycles. The van der Waals surface area contributed by atoms with Crippen LogP contribution >= 0.6 is 0 Å². The SMILES string of the molecule is O=C1NC(c2ccccc2)(c2ccccc2)C(=O)N1Cc1cn(-c2ccccc2)nn1. The summed E-state index contributed by atoms with van der Waals surface area (Å²) >= 11 is 0. The minimum atomic E-state index is -1.28. The Morgan fingerprint density at radius 2 is 1.32 bits per heavy atom. The van der Waals surface area contributed by atoms with Crippen LogP contribution in [0.2, 0.25) is 0 Å². The summed E-state index contributed by atoms with van der Waals surface area (Å²) in [7, 11) is 0. The second-order valence-electron chi connectivity index (χ2n) is 7.29. The summed E-state index contributed by atoms with van der Waals surface area (Å²) in [6.07, 6.45) is 1.72. The molecule has 7 nitrogen and oxygen atoms in total. The first kappa shape index (κ1) is 18.7. The molecule has 2 heterocycles. The molecule has 0 radical (unpaired) electrons. The van der Waals surface area contributed by atoms with Crippen LogP contribution in [-0.4, -0.2) is 31.8 Å². The number of rotatable bonds is 5. The molecular formula is C24H19N5O2. The van der Waals surface area contributed by atoms with Gasteiger partial charge in [-0.3, -0.25) is 9.69 Å². The summed E-state index contributed by atoms with van der Waals surface area (Å²) in [4.78, 5) is 27.9. The summed E-state index contributed by atoms with van der Waals surface area (Å²) in [6, 6.07) is 27.6. The van der Waals surface area contributed by atoms with Gasteiger partial charge in [0.25, 0.3) is 5.91 Å². The van der Waals surface area contributed by atoms with Gasteiger partial charge >= 0.3 is 6.03 Å². The Morgan fingerprint density at radius 3 is 1.90 bits per heavy atom. The minimum Gasteiger partial charge on any atom is -0.315 e. The van der Waals surface area contributed by atoms with Crippen molar-refractivity contribution in [2.24, 2.45) is 0 Å². The van der Waals surface area contributed by atoms with Crippen molar-refractivity contribution in [2.75, 3.05) is 0 Å². The number of para-hydroxylation sites is 1. The predicted molar refractivity (Wildman–Crippen MR) is 114 cm³/mol. The van der Waals surface area contributed by atoms with Gasteiger partial charge in [-0.1, -0.05) is 84.1 Å². The van der Waals surface area contributed by atoms with E-state index in [4.69, 9.17) is 0 Å². The molecule has 4 aromatic rings. The number of urea groups is 1. The molecule has 3 aromatic carbocycles. The van der Waals surface area contributed by atoms with Crippen LogP contribution < -0.4 is 5.32 Å². The van der Waals surface area contributed by atoms with Gasteiger partial charge in [0.15, 0.2) is 5.54 Å². The van der Waals surface area contributed by atoms with Crippen molar-refractivity contribution in [3.63, 3.8) is 0 Å². The van der Waals surface area contributed by atoms with E-state index in [1.54, 1.807) is 10.9 Å². The fourth-order valence-electron chi connectivity index (χ4n) is 3.89. The summed E-state index contributed by atoms with van der Waals surface area (Å²) in [5.74, 6) is -0.343. The Hall–Kier alpha value is -4.26. The lowest BCUT2D eigenvalue weighted by molar-refractivity contribution is -0.130. The van der Waals surface area contributed by atoms with Crippen LogP contribution in [-0.2, 0) is 16.9 Å². The average Bonchev–Trinajstić information content (AvgIpc) is 3.40. The zero-order chi connectivity index (χ0) is 21.3. The Morgan fingerprint density at radius 1 is 0.774 bits per heavy atom. The first-order valence-corrected chi connectivity index (χ1v) is 9.90. The maximum atomic E-state index is 13.7. The predicted octanol–water partition coefficient (Wildman–Crippen LogP) is 3.26. The van der Waals surface area contributed by atoms with Crippen molar-refractivity contribution in [1.29, 1.82) is 0 Å². The van der Waals surface area contributed by atoms with Gasteiger partial charge in [-0.2, -0.15) is 0 Å². The fourth-order valence-corrected chi connectivity index (χ4v) is 3.89. The van der Waals surface area contributed by atoms with Crippen LogP contribution in [0.4, 0.5) is 4.79 Å². The highest BCUT2D eigenvalue weighted by molar-refractivity contribution is 6.09. The van der Waals surface area contributed by atoms with E-state index >= 15 is 0 Å². The Kier molecular flexibility index (Phi) is 4.55. The van der Waals surface area contributed by atoms with E-state index in [0.717, 1.165) is 5.69 Å². The van der Waals surface area contributed by atoms with Gasteiger partial charge in [-0.15, -0.1) is 5.10 Å². The smallest absolute Gasteiger partial charge is 0.315 e. The van der Waals surface area contributed by atoms with E-state index in [-0.39, 0.29) is 12.5 Å². The maximum Gasteiger partial charge on any atom is 0.325 e. The number of nitrogens with one attached hydrogen (secondary N) is 1. The molecule has 0 aliphatic carbocycles. The third-order valence-corrected chi connectivity index (χ3v) is 5.40. The number of nitrogens with zero attached hydrogens (tertiary/aromatic N) is 4. The Labute approximate surface area is 178 Å². The maximum absolute atomic E-state index is 13.7. The number of carbonyl (C=O) groups excluding carboxylic acids is 2. The first-order valence-electron chi connectivity index (χ1n) is 9.90. The van der Waals surface area contributed by atoms with Crippen LogP contribution in [0.3, 0.4) is 0 Å². The third kappa shape index (κ3) is 3.16. The van der Waals surface area contributed by atoms with Gasteiger partial charge in [0.05, 0.1) is 18.4 Å². The number of hydrogen-bond acceptors (Lipinski definition) is 4. The second kappa shape index (κ2) is 7.53. The molecule has 31 heavy (non-hydrogen) atoms. The lowest BCUT2D eigenvalue weighted by atomic mass is 9.82. The van der Waals surface area contributed by atoms with E-state index in [9.17, 15) is 9.59 Å². The number of amides is 3. The normalized spacial score (nSPS) is 15.2. The lowest BCUT2D eigenvalue weighted by Gasteiger charge is -2.27. The van der Waals surface area contributed by atoms with Gasteiger partial charge < -0.3 is 5.32 Å². The van der Waals surface area contributed by atoms with Gasteiger partial charge in [0.2, 0.25) is 0 Å². The van der Waals surface area contributed by atoms with Crippen LogP contribution in [0.25, 0.3) is 5.69 Å². The second-order valence-corrected chi connectivity index (χ2v) is 7.29. The van der Waals surface area contributed by atoms with E-state index in [1.165, 1.54) is 4.90 Å². The average molecular weight is 409 g/mol. The van der Waals surface area contributed by atoms with Crippen molar-refractivity contribution in [2.45, 2.75) is 12.1 Å².